The number of nitrogens with zero attached hydrogens (tertiary/aromatic N) is 2. The van der Waals surface area contributed by atoms with Gasteiger partial charge >= 0.3 is 0 Å². The second kappa shape index (κ2) is 5.54. The van der Waals surface area contributed by atoms with Gasteiger partial charge in [-0.2, -0.15) is 0 Å². The van der Waals surface area contributed by atoms with Crippen molar-refractivity contribution in [3.63, 3.8) is 0 Å². The first-order chi connectivity index (χ1) is 10.8. The number of hydrogen-bond acceptors (Lipinski definition) is 3. The van der Waals surface area contributed by atoms with Crippen molar-refractivity contribution < 1.29 is 0 Å². The molecular weight excluding hydrogens is 292 g/mol. The summed E-state index contributed by atoms with van der Waals surface area (Å²) in [6.07, 6.45) is 9.01. The third kappa shape index (κ3) is 2.29. The number of allylic oxidation sites excluding steroid dienone is 1. The lowest BCUT2D eigenvalue weighted by atomic mass is 10.2. The highest BCUT2D eigenvalue weighted by atomic mass is 32.1. The Morgan fingerprint density at radius 3 is 2.95 bits per heavy atom. The van der Waals surface area contributed by atoms with Gasteiger partial charge in [0.1, 0.15) is 4.83 Å². The molecule has 1 aliphatic rings. The van der Waals surface area contributed by atoms with Crippen molar-refractivity contribution in [1.29, 1.82) is 0 Å². The van der Waals surface area contributed by atoms with Gasteiger partial charge in [-0.15, -0.1) is 11.3 Å². The quantitative estimate of drug-likeness (QED) is 0.740. The van der Waals surface area contributed by atoms with Gasteiger partial charge in [0, 0.05) is 11.4 Å². The molecule has 1 aromatic carbocycles. The summed E-state index contributed by atoms with van der Waals surface area (Å²) in [5, 5.41) is 0.855. The van der Waals surface area contributed by atoms with E-state index >= 15 is 0 Å². The summed E-state index contributed by atoms with van der Waals surface area (Å²) in [5.41, 5.74) is 2.49. The Bertz CT molecular complexity index is 906. The highest BCUT2D eigenvalue weighted by molar-refractivity contribution is 7.18. The van der Waals surface area contributed by atoms with E-state index in [0.717, 1.165) is 28.6 Å². The van der Waals surface area contributed by atoms with Crippen molar-refractivity contribution in [2.24, 2.45) is 0 Å². The predicted molar refractivity (Wildman–Crippen MR) is 91.4 cm³/mol. The summed E-state index contributed by atoms with van der Waals surface area (Å²) in [6, 6.07) is 10.1. The first kappa shape index (κ1) is 13.5. The number of thiophene rings is 1. The monoisotopic (exact) mass is 308 g/mol. The molecule has 4 heteroatoms. The number of aryl methyl sites for hydroxylation is 2. The van der Waals surface area contributed by atoms with E-state index in [0.29, 0.717) is 6.54 Å². The molecule has 0 radical (unpaired) electrons. The van der Waals surface area contributed by atoms with Gasteiger partial charge in [0.25, 0.3) is 5.56 Å². The fourth-order valence-electron chi connectivity index (χ4n) is 3.02. The van der Waals surface area contributed by atoms with Crippen molar-refractivity contribution in [3.05, 3.63) is 69.1 Å². The maximum absolute atomic E-state index is 12.7. The minimum absolute atomic E-state index is 0.0992. The largest absolute Gasteiger partial charge is 0.295 e. The Morgan fingerprint density at radius 2 is 2.09 bits per heavy atom. The molecule has 0 bridgehead atoms. The number of rotatable bonds is 3. The predicted octanol–water partition coefficient (Wildman–Crippen LogP) is 3.66. The van der Waals surface area contributed by atoms with Crippen LogP contribution in [-0.2, 0) is 19.4 Å². The molecule has 3 nitrogen and oxygen atoms in total. The van der Waals surface area contributed by atoms with Crippen LogP contribution in [0.25, 0.3) is 16.3 Å². The van der Waals surface area contributed by atoms with Gasteiger partial charge in [0.05, 0.1) is 11.7 Å². The standard InChI is InChI=1S/C18H16N2OS/c21-18-16-14-9-4-10-15(14)22-17(16)19-12-20(18)11-5-8-13-6-2-1-3-7-13/h1-3,5-8,12H,4,9-11H2/b8-5+. The van der Waals surface area contributed by atoms with Crippen LogP contribution in [0.3, 0.4) is 0 Å². The lowest BCUT2D eigenvalue weighted by molar-refractivity contribution is 0.768. The van der Waals surface area contributed by atoms with Crippen LogP contribution < -0.4 is 5.56 Å². The molecule has 0 unspecified atom stereocenters. The van der Waals surface area contributed by atoms with E-state index in [9.17, 15) is 4.79 Å². The molecule has 2 aromatic heterocycles. The van der Waals surface area contributed by atoms with Crippen LogP contribution in [0.4, 0.5) is 0 Å². The smallest absolute Gasteiger partial charge is 0.262 e. The third-order valence-electron chi connectivity index (χ3n) is 4.10. The Labute approximate surface area is 132 Å². The molecule has 22 heavy (non-hydrogen) atoms. The zero-order valence-corrected chi connectivity index (χ0v) is 13.0. The fraction of sp³-hybridized carbons (Fsp3) is 0.222. The average Bonchev–Trinajstić information content (AvgIpc) is 3.11. The summed E-state index contributed by atoms with van der Waals surface area (Å²) < 4.78 is 1.70. The highest BCUT2D eigenvalue weighted by Crippen LogP contribution is 2.34. The minimum Gasteiger partial charge on any atom is -0.295 e. The van der Waals surface area contributed by atoms with Gasteiger partial charge < -0.3 is 0 Å². The topological polar surface area (TPSA) is 34.9 Å². The molecule has 110 valence electrons. The van der Waals surface area contributed by atoms with Gasteiger partial charge in [-0.3, -0.25) is 9.36 Å². The first-order valence-corrected chi connectivity index (χ1v) is 8.36. The van der Waals surface area contributed by atoms with Crippen molar-refractivity contribution in [1.82, 2.24) is 9.55 Å². The Morgan fingerprint density at radius 1 is 1.23 bits per heavy atom. The fourth-order valence-corrected chi connectivity index (χ4v) is 4.24. The molecule has 0 amide bonds. The average molecular weight is 308 g/mol. The van der Waals surface area contributed by atoms with Crippen LogP contribution >= 0.6 is 11.3 Å². The SMILES string of the molecule is O=c1c2c3c(sc2ncn1C/C=C/c1ccccc1)CCC3. The van der Waals surface area contributed by atoms with Crippen LogP contribution in [0.1, 0.15) is 22.4 Å². The molecular formula is C18H16N2OS. The van der Waals surface area contributed by atoms with Crippen LogP contribution in [0, 0.1) is 0 Å². The summed E-state index contributed by atoms with van der Waals surface area (Å²) >= 11 is 1.69. The van der Waals surface area contributed by atoms with Gasteiger partial charge in [0.2, 0.25) is 0 Å². The molecule has 0 spiro atoms. The van der Waals surface area contributed by atoms with Crippen molar-refractivity contribution in [2.45, 2.75) is 25.8 Å². The van der Waals surface area contributed by atoms with E-state index in [1.54, 1.807) is 22.2 Å². The molecule has 0 saturated heterocycles. The van der Waals surface area contributed by atoms with E-state index in [2.05, 4.69) is 4.98 Å². The Balaban J connectivity index is 1.67. The second-order valence-electron chi connectivity index (χ2n) is 5.55. The molecule has 3 aromatic rings. The van der Waals surface area contributed by atoms with Gasteiger partial charge in [-0.25, -0.2) is 4.98 Å². The number of hydrogen-bond donors (Lipinski definition) is 0. The molecule has 0 atom stereocenters. The molecule has 0 fully saturated rings. The number of benzene rings is 1. The highest BCUT2D eigenvalue weighted by Gasteiger charge is 2.20. The lowest BCUT2D eigenvalue weighted by Crippen LogP contribution is -2.19. The summed E-state index contributed by atoms with van der Waals surface area (Å²) in [7, 11) is 0. The molecule has 0 aliphatic heterocycles. The number of aromatic nitrogens is 2. The summed E-state index contributed by atoms with van der Waals surface area (Å²) in [4.78, 5) is 19.4. The van der Waals surface area contributed by atoms with Crippen LogP contribution in [-0.4, -0.2) is 9.55 Å². The first-order valence-electron chi connectivity index (χ1n) is 7.54. The molecule has 4 rings (SSSR count). The maximum Gasteiger partial charge on any atom is 0.262 e. The molecule has 0 N–H and O–H groups in total. The Hall–Kier alpha value is -2.20. The zero-order valence-electron chi connectivity index (χ0n) is 12.2. The van der Waals surface area contributed by atoms with Crippen molar-refractivity contribution in [3.8, 4) is 0 Å². The molecule has 0 saturated carbocycles. The van der Waals surface area contributed by atoms with Gasteiger partial charge in [-0.05, 0) is 30.4 Å². The summed E-state index contributed by atoms with van der Waals surface area (Å²) in [5.74, 6) is 0. The maximum atomic E-state index is 12.7. The second-order valence-corrected chi connectivity index (χ2v) is 6.64. The van der Waals surface area contributed by atoms with E-state index in [1.165, 1.54) is 16.9 Å². The van der Waals surface area contributed by atoms with E-state index in [4.69, 9.17) is 0 Å². The van der Waals surface area contributed by atoms with Crippen LogP contribution in [0.15, 0.2) is 47.5 Å². The van der Waals surface area contributed by atoms with Crippen LogP contribution in [0.5, 0.6) is 0 Å². The van der Waals surface area contributed by atoms with E-state index in [-0.39, 0.29) is 5.56 Å². The van der Waals surface area contributed by atoms with Crippen molar-refractivity contribution in [2.75, 3.05) is 0 Å². The molecule has 1 aliphatic carbocycles. The number of fused-ring (bicyclic) bond motifs is 3. The van der Waals surface area contributed by atoms with Gasteiger partial charge in [-0.1, -0.05) is 42.5 Å². The van der Waals surface area contributed by atoms with Crippen molar-refractivity contribution >= 4 is 27.6 Å². The Kier molecular flexibility index (Phi) is 3.39. The normalized spacial score (nSPS) is 14.0. The zero-order chi connectivity index (χ0) is 14.9. The van der Waals surface area contributed by atoms with E-state index in [1.807, 2.05) is 42.5 Å². The minimum atomic E-state index is 0.0992. The van der Waals surface area contributed by atoms with E-state index < -0.39 is 0 Å². The third-order valence-corrected chi connectivity index (χ3v) is 5.30. The lowest BCUT2D eigenvalue weighted by Gasteiger charge is -2.02. The summed E-state index contributed by atoms with van der Waals surface area (Å²) in [6.45, 7) is 0.557. The van der Waals surface area contributed by atoms with Gasteiger partial charge in [0.15, 0.2) is 0 Å². The van der Waals surface area contributed by atoms with Crippen LogP contribution in [0.2, 0.25) is 0 Å². The molecule has 2 heterocycles.